The van der Waals surface area contributed by atoms with Crippen molar-refractivity contribution < 1.29 is 19.1 Å². The average molecular weight is 385 g/mol. The van der Waals surface area contributed by atoms with Crippen molar-refractivity contribution in [3.05, 3.63) is 48.0 Å². The number of carbonyl (C=O) groups is 2. The second-order valence-corrected chi connectivity index (χ2v) is 6.68. The van der Waals surface area contributed by atoms with Crippen LogP contribution in [0.5, 0.6) is 5.75 Å². The molecular weight excluding hydrogens is 367 g/mol. The predicted octanol–water partition coefficient (Wildman–Crippen LogP) is 3.49. The summed E-state index contributed by atoms with van der Waals surface area (Å²) in [6.07, 6.45) is 3.69. The summed E-state index contributed by atoms with van der Waals surface area (Å²) in [5, 5.41) is 0.561. The molecule has 25 heavy (non-hydrogen) atoms. The topological polar surface area (TPSA) is 70.4 Å². The number of ketones is 1. The molecule has 2 rings (SSSR count). The van der Waals surface area contributed by atoms with Crippen molar-refractivity contribution in [1.82, 2.24) is 9.55 Å². The number of carbonyl (C=O) groups excluding carboxylic acids is 2. The Morgan fingerprint density at radius 3 is 2.52 bits per heavy atom. The van der Waals surface area contributed by atoms with Gasteiger partial charge in [-0.2, -0.15) is 0 Å². The van der Waals surface area contributed by atoms with Crippen LogP contribution in [0, 0.1) is 5.41 Å². The van der Waals surface area contributed by atoms with Crippen molar-refractivity contribution in [3.63, 3.8) is 0 Å². The molecule has 1 unspecified atom stereocenters. The second-order valence-electron chi connectivity index (χ2n) is 5.98. The third-order valence-electron chi connectivity index (χ3n) is 3.45. The van der Waals surface area contributed by atoms with Gasteiger partial charge < -0.3 is 9.47 Å². The average Bonchev–Trinajstić information content (AvgIpc) is 3.13. The van der Waals surface area contributed by atoms with Gasteiger partial charge in [-0.15, -0.1) is 11.6 Å². The minimum Gasteiger partial charge on any atom is -0.464 e. The van der Waals surface area contributed by atoms with Crippen LogP contribution in [-0.2, 0) is 14.3 Å². The van der Waals surface area contributed by atoms with Crippen molar-refractivity contribution in [3.8, 4) is 5.75 Å². The van der Waals surface area contributed by atoms with Gasteiger partial charge in [0.2, 0.25) is 12.0 Å². The fourth-order valence-electron chi connectivity index (χ4n) is 2.00. The summed E-state index contributed by atoms with van der Waals surface area (Å²) in [6.45, 7) is 3.24. The van der Waals surface area contributed by atoms with Crippen LogP contribution in [0.3, 0.4) is 0 Å². The molecule has 1 atom stereocenters. The van der Waals surface area contributed by atoms with Gasteiger partial charge in [0.05, 0.1) is 11.7 Å². The van der Waals surface area contributed by atoms with Crippen molar-refractivity contribution in [2.24, 2.45) is 5.41 Å². The van der Waals surface area contributed by atoms with Gasteiger partial charge >= 0.3 is 5.97 Å². The lowest BCUT2D eigenvalue weighted by atomic mass is 9.88. The fourth-order valence-corrected chi connectivity index (χ4v) is 2.21. The number of Topliss-reactive ketones (excluding diaryl/α,β-unsaturated/α-hetero) is 1. The Labute approximate surface area is 155 Å². The van der Waals surface area contributed by atoms with Crippen LogP contribution in [0.4, 0.5) is 0 Å². The molecule has 0 saturated heterocycles. The highest BCUT2D eigenvalue weighted by atomic mass is 35.5. The van der Waals surface area contributed by atoms with Gasteiger partial charge in [-0.1, -0.05) is 11.6 Å². The standard InChI is InChI=1S/C17H18Cl2N2O4/c1-17(2,10-24-14(22)9-18)15(23)16(21-8-7-20-11-21)25-13-5-3-12(19)4-6-13/h3-8,11,16H,9-10H2,1-2H3. The lowest BCUT2D eigenvalue weighted by Gasteiger charge is -2.28. The molecule has 1 aromatic heterocycles. The van der Waals surface area contributed by atoms with Crippen molar-refractivity contribution in [2.75, 3.05) is 12.5 Å². The Morgan fingerprint density at radius 2 is 1.96 bits per heavy atom. The summed E-state index contributed by atoms with van der Waals surface area (Å²) in [4.78, 5) is 28.2. The van der Waals surface area contributed by atoms with Crippen LogP contribution in [0.15, 0.2) is 43.0 Å². The van der Waals surface area contributed by atoms with Crippen LogP contribution in [0.25, 0.3) is 0 Å². The Bertz CT molecular complexity index is 715. The van der Waals surface area contributed by atoms with E-state index in [2.05, 4.69) is 4.98 Å². The van der Waals surface area contributed by atoms with Gasteiger partial charge in [-0.3, -0.25) is 14.2 Å². The third-order valence-corrected chi connectivity index (χ3v) is 3.92. The van der Waals surface area contributed by atoms with E-state index >= 15 is 0 Å². The highest BCUT2D eigenvalue weighted by molar-refractivity contribution is 6.30. The van der Waals surface area contributed by atoms with Crippen molar-refractivity contribution in [2.45, 2.75) is 20.1 Å². The number of imidazole rings is 1. The molecule has 0 fully saturated rings. The molecule has 8 heteroatoms. The van der Waals surface area contributed by atoms with E-state index in [4.69, 9.17) is 32.7 Å². The Hall–Kier alpha value is -2.05. The second kappa shape index (κ2) is 8.36. The van der Waals surface area contributed by atoms with Crippen LogP contribution in [0.2, 0.25) is 5.02 Å². The summed E-state index contributed by atoms with van der Waals surface area (Å²) < 4.78 is 12.4. The van der Waals surface area contributed by atoms with Crippen LogP contribution in [-0.4, -0.2) is 33.8 Å². The summed E-state index contributed by atoms with van der Waals surface area (Å²) in [6, 6.07) is 6.67. The molecule has 1 aromatic carbocycles. The number of halogens is 2. The van der Waals surface area contributed by atoms with E-state index in [0.717, 1.165) is 0 Å². The van der Waals surface area contributed by atoms with E-state index in [0.29, 0.717) is 10.8 Å². The van der Waals surface area contributed by atoms with E-state index in [1.807, 2.05) is 0 Å². The number of aromatic nitrogens is 2. The van der Waals surface area contributed by atoms with E-state index in [1.54, 1.807) is 55.1 Å². The molecule has 0 N–H and O–H groups in total. The number of esters is 1. The monoisotopic (exact) mass is 384 g/mol. The Balaban J connectivity index is 2.21. The normalized spacial score (nSPS) is 12.5. The smallest absolute Gasteiger partial charge is 0.320 e. The SMILES string of the molecule is CC(C)(COC(=O)CCl)C(=O)C(Oc1ccc(Cl)cc1)n1ccnc1. The minimum atomic E-state index is -0.983. The first-order valence-corrected chi connectivity index (χ1v) is 8.40. The number of ether oxygens (including phenoxy) is 2. The quantitative estimate of drug-likeness (QED) is 0.514. The fraction of sp³-hybridized carbons (Fsp3) is 0.353. The van der Waals surface area contributed by atoms with E-state index in [1.165, 1.54) is 6.33 Å². The Morgan fingerprint density at radius 1 is 1.28 bits per heavy atom. The summed E-state index contributed by atoms with van der Waals surface area (Å²) >= 11 is 11.3. The van der Waals surface area contributed by atoms with Gasteiger partial charge in [0.15, 0.2) is 0 Å². The predicted molar refractivity (Wildman–Crippen MR) is 93.8 cm³/mol. The highest BCUT2D eigenvalue weighted by Gasteiger charge is 2.37. The lowest BCUT2D eigenvalue weighted by molar-refractivity contribution is -0.150. The van der Waals surface area contributed by atoms with Gasteiger partial charge in [0, 0.05) is 17.4 Å². The summed E-state index contributed by atoms with van der Waals surface area (Å²) in [5.74, 6) is -0.649. The number of nitrogens with zero attached hydrogens (tertiary/aromatic N) is 2. The van der Waals surface area contributed by atoms with E-state index in [9.17, 15) is 9.59 Å². The highest BCUT2D eigenvalue weighted by Crippen LogP contribution is 2.28. The summed E-state index contributed by atoms with van der Waals surface area (Å²) in [7, 11) is 0. The molecule has 0 radical (unpaired) electrons. The molecule has 0 spiro atoms. The number of hydrogen-bond donors (Lipinski definition) is 0. The summed E-state index contributed by atoms with van der Waals surface area (Å²) in [5.41, 5.74) is -0.983. The number of alkyl halides is 1. The zero-order valence-corrected chi connectivity index (χ0v) is 15.3. The minimum absolute atomic E-state index is 0.105. The van der Waals surface area contributed by atoms with Crippen LogP contribution < -0.4 is 4.74 Å². The molecule has 2 aromatic rings. The molecule has 6 nitrogen and oxygen atoms in total. The van der Waals surface area contributed by atoms with Gasteiger partial charge in [0.1, 0.15) is 18.2 Å². The number of rotatable bonds is 8. The largest absolute Gasteiger partial charge is 0.464 e. The molecule has 0 bridgehead atoms. The first-order valence-electron chi connectivity index (χ1n) is 7.49. The molecular formula is C17H18Cl2N2O4. The first-order chi connectivity index (χ1) is 11.8. The number of hydrogen-bond acceptors (Lipinski definition) is 5. The lowest BCUT2D eigenvalue weighted by Crippen LogP contribution is -2.39. The van der Waals surface area contributed by atoms with Crippen molar-refractivity contribution >= 4 is 35.0 Å². The first kappa shape index (κ1) is 19.3. The molecule has 1 heterocycles. The van der Waals surface area contributed by atoms with Crippen LogP contribution >= 0.6 is 23.2 Å². The molecule has 0 aliphatic carbocycles. The van der Waals surface area contributed by atoms with Crippen LogP contribution in [0.1, 0.15) is 20.1 Å². The van der Waals surface area contributed by atoms with Gasteiger partial charge in [-0.05, 0) is 38.1 Å². The molecule has 0 aliphatic rings. The number of benzene rings is 1. The maximum absolute atomic E-state index is 13.0. The van der Waals surface area contributed by atoms with E-state index in [-0.39, 0.29) is 18.3 Å². The van der Waals surface area contributed by atoms with Gasteiger partial charge in [0.25, 0.3) is 0 Å². The molecule has 134 valence electrons. The molecule has 0 aliphatic heterocycles. The Kier molecular flexibility index (Phi) is 6.45. The maximum atomic E-state index is 13.0. The van der Waals surface area contributed by atoms with Crippen molar-refractivity contribution in [1.29, 1.82) is 0 Å². The maximum Gasteiger partial charge on any atom is 0.320 e. The zero-order valence-electron chi connectivity index (χ0n) is 13.8. The molecule has 0 amide bonds. The van der Waals surface area contributed by atoms with E-state index < -0.39 is 17.6 Å². The third kappa shape index (κ3) is 5.21. The van der Waals surface area contributed by atoms with Gasteiger partial charge in [-0.25, -0.2) is 4.98 Å². The molecule has 0 saturated carbocycles. The zero-order chi connectivity index (χ0) is 18.4.